The Hall–Kier alpha value is -0.650. The van der Waals surface area contributed by atoms with E-state index in [4.69, 9.17) is 0 Å². The topological polar surface area (TPSA) is 48.1 Å². The molecule has 1 aliphatic rings. The molecule has 1 aromatic heterocycles. The van der Waals surface area contributed by atoms with Crippen molar-refractivity contribution in [2.45, 2.75) is 19.0 Å². The predicted octanol–water partition coefficient (Wildman–Crippen LogP) is 0.230. The lowest BCUT2D eigenvalue weighted by molar-refractivity contribution is 0.397. The number of rotatable bonds is 3. The molecule has 5 heteroatoms. The fourth-order valence-corrected chi connectivity index (χ4v) is 2.34. The molecule has 1 fully saturated rings. The molecule has 0 aliphatic carbocycles. The molecule has 0 amide bonds. The van der Waals surface area contributed by atoms with Gasteiger partial charge in [-0.1, -0.05) is 11.3 Å². The third kappa shape index (κ3) is 2.43. The molecule has 0 radical (unpaired) electrons. The highest BCUT2D eigenvalue weighted by atomic mass is 32.1. The van der Waals surface area contributed by atoms with Crippen molar-refractivity contribution < 1.29 is 0 Å². The van der Waals surface area contributed by atoms with Crippen LogP contribution in [0.25, 0.3) is 0 Å². The molecular formula is C9H15N3OS. The van der Waals surface area contributed by atoms with Crippen LogP contribution in [-0.4, -0.2) is 36.1 Å². The Morgan fingerprint density at radius 3 is 3.21 bits per heavy atom. The average molecular weight is 213 g/mol. The summed E-state index contributed by atoms with van der Waals surface area (Å²) in [5.41, 5.74) is 0.995. The summed E-state index contributed by atoms with van der Waals surface area (Å²) in [6, 6.07) is 0.573. The normalized spacial score (nSPS) is 23.1. The Labute approximate surface area is 86.9 Å². The van der Waals surface area contributed by atoms with Gasteiger partial charge in [0.1, 0.15) is 0 Å². The summed E-state index contributed by atoms with van der Waals surface area (Å²) in [7, 11) is 2.13. The smallest absolute Gasteiger partial charge is 0.304 e. The number of nitrogens with one attached hydrogen (secondary N) is 2. The van der Waals surface area contributed by atoms with Crippen LogP contribution in [0.5, 0.6) is 0 Å². The number of likely N-dealkylation sites (N-methyl/N-ethyl adjacent to an activating group) is 1. The van der Waals surface area contributed by atoms with Gasteiger partial charge in [0.2, 0.25) is 0 Å². The Kier molecular flexibility index (Phi) is 3.00. The van der Waals surface area contributed by atoms with Gasteiger partial charge in [0, 0.05) is 30.2 Å². The molecule has 2 N–H and O–H groups in total. The Bertz CT molecular complexity index is 346. The quantitative estimate of drug-likeness (QED) is 0.755. The lowest BCUT2D eigenvalue weighted by Gasteiger charge is -2.11. The number of likely N-dealkylation sites (tertiary alicyclic amines) is 1. The van der Waals surface area contributed by atoms with Gasteiger partial charge in [0.25, 0.3) is 0 Å². The van der Waals surface area contributed by atoms with Crippen molar-refractivity contribution in [1.82, 2.24) is 15.2 Å². The zero-order valence-electron chi connectivity index (χ0n) is 8.25. The zero-order valence-corrected chi connectivity index (χ0v) is 9.06. The molecule has 2 rings (SSSR count). The first-order valence-corrected chi connectivity index (χ1v) is 5.70. The minimum atomic E-state index is 0.0327. The van der Waals surface area contributed by atoms with E-state index in [1.165, 1.54) is 17.8 Å². The van der Waals surface area contributed by atoms with Crippen molar-refractivity contribution in [3.8, 4) is 0 Å². The Morgan fingerprint density at radius 2 is 2.64 bits per heavy atom. The van der Waals surface area contributed by atoms with Crippen molar-refractivity contribution in [3.05, 3.63) is 20.7 Å². The first-order valence-electron chi connectivity index (χ1n) is 4.82. The third-order valence-electron chi connectivity index (χ3n) is 2.54. The van der Waals surface area contributed by atoms with Crippen molar-refractivity contribution >= 4 is 11.3 Å². The maximum atomic E-state index is 10.9. The third-order valence-corrected chi connectivity index (χ3v) is 3.26. The van der Waals surface area contributed by atoms with Gasteiger partial charge < -0.3 is 15.2 Å². The maximum Gasteiger partial charge on any atom is 0.304 e. The van der Waals surface area contributed by atoms with Gasteiger partial charge >= 0.3 is 4.87 Å². The highest BCUT2D eigenvalue weighted by Crippen LogP contribution is 2.06. The molecule has 14 heavy (non-hydrogen) atoms. The lowest BCUT2D eigenvalue weighted by atomic mass is 10.2. The average Bonchev–Trinajstić information content (AvgIpc) is 2.72. The summed E-state index contributed by atoms with van der Waals surface area (Å²) >= 11 is 1.23. The van der Waals surface area contributed by atoms with Crippen LogP contribution in [0.1, 0.15) is 12.1 Å². The first kappa shape index (κ1) is 9.89. The second-order valence-corrected chi connectivity index (χ2v) is 4.64. The molecule has 2 heterocycles. The molecule has 0 spiro atoms. The highest BCUT2D eigenvalue weighted by molar-refractivity contribution is 7.07. The first-order chi connectivity index (χ1) is 6.74. The minimum absolute atomic E-state index is 0.0327. The molecule has 1 unspecified atom stereocenters. The predicted molar refractivity (Wildman–Crippen MR) is 57.7 cm³/mol. The van der Waals surface area contributed by atoms with Crippen LogP contribution in [-0.2, 0) is 6.54 Å². The Morgan fingerprint density at radius 1 is 1.79 bits per heavy atom. The van der Waals surface area contributed by atoms with E-state index in [1.54, 1.807) is 0 Å². The monoisotopic (exact) mass is 213 g/mol. The summed E-state index contributed by atoms with van der Waals surface area (Å²) in [6.45, 7) is 3.05. The van der Waals surface area contributed by atoms with Gasteiger partial charge in [-0.2, -0.15) is 0 Å². The van der Waals surface area contributed by atoms with E-state index in [9.17, 15) is 4.79 Å². The molecule has 0 bridgehead atoms. The van der Waals surface area contributed by atoms with Crippen LogP contribution in [0, 0.1) is 0 Å². The van der Waals surface area contributed by atoms with Crippen LogP contribution in [0.2, 0.25) is 0 Å². The SMILES string of the molecule is CN1CCC(NCc2csc(=O)[nH]2)C1. The summed E-state index contributed by atoms with van der Waals surface area (Å²) in [5, 5.41) is 5.32. The van der Waals surface area contributed by atoms with Gasteiger partial charge in [-0.3, -0.25) is 4.79 Å². The summed E-state index contributed by atoms with van der Waals surface area (Å²) in [4.78, 5) is 16.0. The number of H-pyrrole nitrogens is 1. The zero-order chi connectivity index (χ0) is 9.97. The van der Waals surface area contributed by atoms with Crippen LogP contribution in [0.4, 0.5) is 0 Å². The maximum absolute atomic E-state index is 10.9. The van der Waals surface area contributed by atoms with Gasteiger partial charge in [-0.15, -0.1) is 0 Å². The molecule has 1 atom stereocenters. The molecule has 4 nitrogen and oxygen atoms in total. The van der Waals surface area contributed by atoms with Crippen LogP contribution in [0.15, 0.2) is 10.2 Å². The van der Waals surface area contributed by atoms with Crippen molar-refractivity contribution in [1.29, 1.82) is 0 Å². The number of hydrogen-bond acceptors (Lipinski definition) is 4. The van der Waals surface area contributed by atoms with E-state index < -0.39 is 0 Å². The van der Waals surface area contributed by atoms with Crippen LogP contribution in [0.3, 0.4) is 0 Å². The van der Waals surface area contributed by atoms with Gasteiger partial charge in [0.15, 0.2) is 0 Å². The molecule has 78 valence electrons. The van der Waals surface area contributed by atoms with Gasteiger partial charge in [-0.25, -0.2) is 0 Å². The number of nitrogens with zero attached hydrogens (tertiary/aromatic N) is 1. The van der Waals surface area contributed by atoms with Gasteiger partial charge in [0.05, 0.1) is 0 Å². The van der Waals surface area contributed by atoms with E-state index in [1.807, 2.05) is 5.38 Å². The van der Waals surface area contributed by atoms with Crippen molar-refractivity contribution in [2.24, 2.45) is 0 Å². The van der Waals surface area contributed by atoms with E-state index in [0.717, 1.165) is 25.3 Å². The fourth-order valence-electron chi connectivity index (χ4n) is 1.76. The second-order valence-electron chi connectivity index (χ2n) is 3.80. The van der Waals surface area contributed by atoms with E-state index in [0.29, 0.717) is 6.04 Å². The molecule has 1 aromatic rings. The Balaban J connectivity index is 1.80. The number of thiazole rings is 1. The summed E-state index contributed by atoms with van der Waals surface area (Å²) in [5.74, 6) is 0. The lowest BCUT2D eigenvalue weighted by Crippen LogP contribution is -2.31. The second kappa shape index (κ2) is 4.25. The standard InChI is InChI=1S/C9H15N3OS/c1-12-3-2-7(5-12)10-4-8-6-14-9(13)11-8/h6-7,10H,2-5H2,1H3,(H,11,13). The number of hydrogen-bond donors (Lipinski definition) is 2. The molecule has 1 aliphatic heterocycles. The number of aromatic amines is 1. The summed E-state index contributed by atoms with van der Waals surface area (Å²) < 4.78 is 0. The largest absolute Gasteiger partial charge is 0.315 e. The summed E-state index contributed by atoms with van der Waals surface area (Å²) in [6.07, 6.45) is 1.20. The molecule has 0 aromatic carbocycles. The van der Waals surface area contributed by atoms with Crippen LogP contribution >= 0.6 is 11.3 Å². The molecule has 1 saturated heterocycles. The van der Waals surface area contributed by atoms with E-state index >= 15 is 0 Å². The van der Waals surface area contributed by atoms with Crippen molar-refractivity contribution in [2.75, 3.05) is 20.1 Å². The minimum Gasteiger partial charge on any atom is -0.315 e. The molecular weight excluding hydrogens is 198 g/mol. The fraction of sp³-hybridized carbons (Fsp3) is 0.667. The van der Waals surface area contributed by atoms with Crippen molar-refractivity contribution in [3.63, 3.8) is 0 Å². The number of aromatic nitrogens is 1. The highest BCUT2D eigenvalue weighted by Gasteiger charge is 2.18. The molecule has 0 saturated carbocycles. The van der Waals surface area contributed by atoms with E-state index in [-0.39, 0.29) is 4.87 Å². The van der Waals surface area contributed by atoms with E-state index in [2.05, 4.69) is 22.2 Å². The van der Waals surface area contributed by atoms with Gasteiger partial charge in [-0.05, 0) is 20.0 Å². The van der Waals surface area contributed by atoms with Crippen LogP contribution < -0.4 is 10.2 Å².